The molecule has 1 atom stereocenters. The minimum absolute atomic E-state index is 0.0378. The predicted molar refractivity (Wildman–Crippen MR) is 105 cm³/mol. The highest BCUT2D eigenvalue weighted by atomic mass is 16.2. The standard InChI is InChI=1S/C19H31N7O/c1-15(18(27)25-8-4-5-9-25)24-10-12-26(13-11-24)19(20-3)22-14-17-6-7-21-16(2)23-17/h6-7,15H,4-5,8-14H2,1-3H3,(H,20,22). The molecule has 0 aromatic carbocycles. The van der Waals surface area contributed by atoms with Gasteiger partial charge in [-0.1, -0.05) is 0 Å². The monoisotopic (exact) mass is 373 g/mol. The zero-order valence-electron chi connectivity index (χ0n) is 16.7. The van der Waals surface area contributed by atoms with Crippen LogP contribution >= 0.6 is 0 Å². The minimum Gasteiger partial charge on any atom is -0.351 e. The van der Waals surface area contributed by atoms with Gasteiger partial charge in [0.1, 0.15) is 5.82 Å². The molecular formula is C19H31N7O. The van der Waals surface area contributed by atoms with Gasteiger partial charge in [-0.3, -0.25) is 14.7 Å². The molecule has 148 valence electrons. The highest BCUT2D eigenvalue weighted by Gasteiger charge is 2.30. The van der Waals surface area contributed by atoms with Crippen LogP contribution in [0.25, 0.3) is 0 Å². The van der Waals surface area contributed by atoms with Crippen molar-refractivity contribution in [1.29, 1.82) is 0 Å². The second kappa shape index (κ2) is 9.12. The Balaban J connectivity index is 1.48. The lowest BCUT2D eigenvalue weighted by Gasteiger charge is -2.39. The summed E-state index contributed by atoms with van der Waals surface area (Å²) in [5.74, 6) is 1.93. The summed E-state index contributed by atoms with van der Waals surface area (Å²) in [5.41, 5.74) is 0.951. The summed E-state index contributed by atoms with van der Waals surface area (Å²) in [5, 5.41) is 3.39. The van der Waals surface area contributed by atoms with Gasteiger partial charge in [0.15, 0.2) is 5.96 Å². The van der Waals surface area contributed by atoms with E-state index in [-0.39, 0.29) is 11.9 Å². The number of guanidine groups is 1. The summed E-state index contributed by atoms with van der Waals surface area (Å²) >= 11 is 0. The fourth-order valence-electron chi connectivity index (χ4n) is 3.78. The Morgan fingerprint density at radius 2 is 1.89 bits per heavy atom. The first-order valence-electron chi connectivity index (χ1n) is 9.85. The number of piperazine rings is 1. The molecule has 1 N–H and O–H groups in total. The lowest BCUT2D eigenvalue weighted by molar-refractivity contribution is -0.135. The van der Waals surface area contributed by atoms with Crippen LogP contribution in [-0.4, -0.2) is 88.9 Å². The molecule has 0 radical (unpaired) electrons. The van der Waals surface area contributed by atoms with Crippen molar-refractivity contribution in [2.24, 2.45) is 4.99 Å². The average Bonchev–Trinajstić information content (AvgIpc) is 3.23. The SMILES string of the molecule is CN=C(NCc1ccnc(C)n1)N1CCN(C(C)C(=O)N2CCCC2)CC1. The van der Waals surface area contributed by atoms with Gasteiger partial charge in [0.05, 0.1) is 18.3 Å². The summed E-state index contributed by atoms with van der Waals surface area (Å²) in [7, 11) is 1.81. The van der Waals surface area contributed by atoms with E-state index in [0.717, 1.165) is 69.6 Å². The Bertz CT molecular complexity index is 664. The van der Waals surface area contributed by atoms with E-state index in [1.807, 2.05) is 24.8 Å². The molecule has 1 unspecified atom stereocenters. The number of hydrogen-bond acceptors (Lipinski definition) is 5. The van der Waals surface area contributed by atoms with Crippen molar-refractivity contribution in [1.82, 2.24) is 30.0 Å². The Labute approximate surface area is 161 Å². The first-order valence-corrected chi connectivity index (χ1v) is 9.85. The molecule has 0 bridgehead atoms. The van der Waals surface area contributed by atoms with Crippen molar-refractivity contribution in [3.05, 3.63) is 23.8 Å². The molecule has 3 heterocycles. The fraction of sp³-hybridized carbons (Fsp3) is 0.684. The van der Waals surface area contributed by atoms with E-state index in [9.17, 15) is 4.79 Å². The third-order valence-corrected chi connectivity index (χ3v) is 5.41. The van der Waals surface area contributed by atoms with Crippen molar-refractivity contribution < 1.29 is 4.79 Å². The summed E-state index contributed by atoms with van der Waals surface area (Å²) in [4.78, 5) is 32.1. The average molecular weight is 374 g/mol. The number of aliphatic imine (C=N–C) groups is 1. The number of carbonyl (C=O) groups is 1. The number of nitrogens with one attached hydrogen (secondary N) is 1. The number of hydrogen-bond donors (Lipinski definition) is 1. The number of nitrogens with zero attached hydrogens (tertiary/aromatic N) is 6. The van der Waals surface area contributed by atoms with E-state index in [0.29, 0.717) is 6.54 Å². The van der Waals surface area contributed by atoms with Gasteiger partial charge in [-0.15, -0.1) is 0 Å². The highest BCUT2D eigenvalue weighted by molar-refractivity contribution is 5.82. The highest BCUT2D eigenvalue weighted by Crippen LogP contribution is 2.14. The van der Waals surface area contributed by atoms with Crippen molar-refractivity contribution in [2.75, 3.05) is 46.3 Å². The molecule has 8 nitrogen and oxygen atoms in total. The van der Waals surface area contributed by atoms with Gasteiger partial charge in [-0.05, 0) is 32.8 Å². The van der Waals surface area contributed by atoms with E-state index in [1.54, 1.807) is 13.2 Å². The number of likely N-dealkylation sites (tertiary alicyclic amines) is 1. The second-order valence-electron chi connectivity index (χ2n) is 7.23. The Hall–Kier alpha value is -2.22. The van der Waals surface area contributed by atoms with Gasteiger partial charge in [-0.2, -0.15) is 0 Å². The van der Waals surface area contributed by atoms with Crippen molar-refractivity contribution in [2.45, 2.75) is 39.3 Å². The van der Waals surface area contributed by atoms with E-state index in [1.165, 1.54) is 0 Å². The molecule has 1 amide bonds. The number of rotatable bonds is 4. The Morgan fingerprint density at radius 3 is 2.52 bits per heavy atom. The minimum atomic E-state index is -0.0378. The van der Waals surface area contributed by atoms with Gasteiger partial charge in [0.2, 0.25) is 5.91 Å². The van der Waals surface area contributed by atoms with Gasteiger partial charge in [-0.25, -0.2) is 9.97 Å². The predicted octanol–water partition coefficient (Wildman–Crippen LogP) is 0.489. The molecular weight excluding hydrogens is 342 g/mol. The topological polar surface area (TPSA) is 77.0 Å². The van der Waals surface area contributed by atoms with Gasteiger partial charge in [0.25, 0.3) is 0 Å². The maximum atomic E-state index is 12.6. The number of amides is 1. The third-order valence-electron chi connectivity index (χ3n) is 5.41. The maximum absolute atomic E-state index is 12.6. The molecule has 2 aliphatic rings. The lowest BCUT2D eigenvalue weighted by atomic mass is 10.2. The summed E-state index contributed by atoms with van der Waals surface area (Å²) < 4.78 is 0. The van der Waals surface area contributed by atoms with Crippen molar-refractivity contribution >= 4 is 11.9 Å². The molecule has 2 fully saturated rings. The van der Waals surface area contributed by atoms with Gasteiger partial charge >= 0.3 is 0 Å². The van der Waals surface area contributed by atoms with E-state index in [2.05, 4.69) is 30.1 Å². The molecule has 1 aromatic rings. The normalized spacial score (nSPS) is 20.0. The van der Waals surface area contributed by atoms with Crippen LogP contribution in [0.4, 0.5) is 0 Å². The zero-order chi connectivity index (χ0) is 19.2. The quantitative estimate of drug-likeness (QED) is 0.611. The molecule has 8 heteroatoms. The Morgan fingerprint density at radius 1 is 1.19 bits per heavy atom. The van der Waals surface area contributed by atoms with Crippen LogP contribution in [0.1, 0.15) is 31.3 Å². The van der Waals surface area contributed by atoms with Gasteiger partial charge in [0, 0.05) is 52.5 Å². The van der Waals surface area contributed by atoms with E-state index >= 15 is 0 Å². The van der Waals surface area contributed by atoms with Crippen molar-refractivity contribution in [3.63, 3.8) is 0 Å². The van der Waals surface area contributed by atoms with Crippen LogP contribution in [0.2, 0.25) is 0 Å². The summed E-state index contributed by atoms with van der Waals surface area (Å²) in [6, 6.07) is 1.88. The van der Waals surface area contributed by atoms with Crippen LogP contribution in [0, 0.1) is 6.92 Å². The number of aromatic nitrogens is 2. The fourth-order valence-corrected chi connectivity index (χ4v) is 3.78. The summed E-state index contributed by atoms with van der Waals surface area (Å²) in [6.45, 7) is 9.86. The zero-order valence-corrected chi connectivity index (χ0v) is 16.7. The Kier molecular flexibility index (Phi) is 6.60. The summed E-state index contributed by atoms with van der Waals surface area (Å²) in [6.07, 6.45) is 4.06. The molecule has 0 spiro atoms. The van der Waals surface area contributed by atoms with Crippen LogP contribution in [-0.2, 0) is 11.3 Å². The first-order chi connectivity index (χ1) is 13.1. The van der Waals surface area contributed by atoms with Crippen LogP contribution < -0.4 is 5.32 Å². The maximum Gasteiger partial charge on any atom is 0.239 e. The number of carbonyl (C=O) groups excluding carboxylic acids is 1. The molecule has 27 heavy (non-hydrogen) atoms. The third kappa shape index (κ3) is 4.94. The molecule has 0 aliphatic carbocycles. The molecule has 0 saturated carbocycles. The molecule has 2 aliphatic heterocycles. The van der Waals surface area contributed by atoms with Crippen LogP contribution in [0.15, 0.2) is 17.3 Å². The van der Waals surface area contributed by atoms with Crippen molar-refractivity contribution in [3.8, 4) is 0 Å². The number of aryl methyl sites for hydroxylation is 1. The first kappa shape index (κ1) is 19.5. The smallest absolute Gasteiger partial charge is 0.239 e. The van der Waals surface area contributed by atoms with Gasteiger partial charge < -0.3 is 15.1 Å². The van der Waals surface area contributed by atoms with Crippen LogP contribution in [0.3, 0.4) is 0 Å². The molecule has 1 aromatic heterocycles. The second-order valence-corrected chi connectivity index (χ2v) is 7.23. The van der Waals surface area contributed by atoms with E-state index in [4.69, 9.17) is 0 Å². The molecule has 2 saturated heterocycles. The largest absolute Gasteiger partial charge is 0.351 e. The molecule has 3 rings (SSSR count). The van der Waals surface area contributed by atoms with Crippen LogP contribution in [0.5, 0.6) is 0 Å². The lowest BCUT2D eigenvalue weighted by Crippen LogP contribution is -2.57. The van der Waals surface area contributed by atoms with E-state index < -0.39 is 0 Å².